The van der Waals surface area contributed by atoms with E-state index in [1.165, 1.54) is 24.3 Å². The van der Waals surface area contributed by atoms with Gasteiger partial charge >= 0.3 is 0 Å². The SMILES string of the molecule is CC(C)Cc1ccc(C(=O)NNC(=O)COc2ccc(F)cc2)cc1. The molecule has 0 saturated carbocycles. The van der Waals surface area contributed by atoms with Gasteiger partial charge in [0, 0.05) is 5.56 Å². The fourth-order valence-electron chi connectivity index (χ4n) is 2.18. The summed E-state index contributed by atoms with van der Waals surface area (Å²) in [4.78, 5) is 23.7. The second kappa shape index (κ2) is 8.82. The molecule has 2 aromatic carbocycles. The molecule has 0 aliphatic rings. The molecule has 2 rings (SSSR count). The number of halogens is 1. The van der Waals surface area contributed by atoms with Gasteiger partial charge in [-0.15, -0.1) is 0 Å². The van der Waals surface area contributed by atoms with Crippen LogP contribution in [0.25, 0.3) is 0 Å². The molecule has 0 heterocycles. The highest BCUT2D eigenvalue weighted by molar-refractivity contribution is 5.95. The van der Waals surface area contributed by atoms with E-state index in [2.05, 4.69) is 24.7 Å². The largest absolute Gasteiger partial charge is 0.484 e. The molecule has 0 atom stereocenters. The monoisotopic (exact) mass is 344 g/mol. The Bertz CT molecular complexity index is 712. The summed E-state index contributed by atoms with van der Waals surface area (Å²) < 4.78 is 17.9. The van der Waals surface area contributed by atoms with Crippen LogP contribution in [0.1, 0.15) is 29.8 Å². The highest BCUT2D eigenvalue weighted by Crippen LogP contribution is 2.11. The molecule has 2 aromatic rings. The molecule has 132 valence electrons. The summed E-state index contributed by atoms with van der Waals surface area (Å²) >= 11 is 0. The Morgan fingerprint density at radius 1 is 1.00 bits per heavy atom. The van der Waals surface area contributed by atoms with E-state index in [1.54, 1.807) is 12.1 Å². The van der Waals surface area contributed by atoms with Crippen LogP contribution in [-0.2, 0) is 11.2 Å². The van der Waals surface area contributed by atoms with Crippen LogP contribution >= 0.6 is 0 Å². The number of rotatable bonds is 6. The van der Waals surface area contributed by atoms with Gasteiger partial charge in [-0.05, 0) is 54.3 Å². The van der Waals surface area contributed by atoms with E-state index in [1.807, 2.05) is 12.1 Å². The molecule has 5 nitrogen and oxygen atoms in total. The third-order valence-electron chi connectivity index (χ3n) is 3.36. The first-order chi connectivity index (χ1) is 11.9. The summed E-state index contributed by atoms with van der Waals surface area (Å²) in [5, 5.41) is 0. The molecule has 0 aromatic heterocycles. The summed E-state index contributed by atoms with van der Waals surface area (Å²) in [6, 6.07) is 12.5. The highest BCUT2D eigenvalue weighted by atomic mass is 19.1. The maximum absolute atomic E-state index is 12.8. The van der Waals surface area contributed by atoms with Crippen molar-refractivity contribution in [3.05, 3.63) is 65.5 Å². The van der Waals surface area contributed by atoms with Crippen LogP contribution in [0, 0.1) is 11.7 Å². The maximum atomic E-state index is 12.8. The lowest BCUT2D eigenvalue weighted by atomic mass is 10.0. The van der Waals surface area contributed by atoms with Gasteiger partial charge in [0.25, 0.3) is 11.8 Å². The molecule has 25 heavy (non-hydrogen) atoms. The fourth-order valence-corrected chi connectivity index (χ4v) is 2.18. The molecule has 0 aliphatic carbocycles. The molecule has 0 saturated heterocycles. The molecule has 0 bridgehead atoms. The zero-order valence-electron chi connectivity index (χ0n) is 14.2. The molecule has 2 amide bonds. The Balaban J connectivity index is 1.76. The van der Waals surface area contributed by atoms with E-state index in [0.717, 1.165) is 12.0 Å². The van der Waals surface area contributed by atoms with Crippen molar-refractivity contribution in [1.82, 2.24) is 10.9 Å². The van der Waals surface area contributed by atoms with E-state index in [9.17, 15) is 14.0 Å². The smallest absolute Gasteiger partial charge is 0.276 e. The summed E-state index contributed by atoms with van der Waals surface area (Å²) in [5.41, 5.74) is 6.20. The second-order valence-corrected chi connectivity index (χ2v) is 6.04. The predicted molar refractivity (Wildman–Crippen MR) is 92.5 cm³/mol. The topological polar surface area (TPSA) is 67.4 Å². The van der Waals surface area contributed by atoms with Gasteiger partial charge in [-0.1, -0.05) is 26.0 Å². The number of carbonyl (C=O) groups is 2. The van der Waals surface area contributed by atoms with Crippen molar-refractivity contribution in [1.29, 1.82) is 0 Å². The summed E-state index contributed by atoms with van der Waals surface area (Å²) in [7, 11) is 0. The standard InChI is InChI=1S/C19H21FN2O3/c1-13(2)11-14-3-5-15(6-4-14)19(24)22-21-18(23)12-25-17-9-7-16(20)8-10-17/h3-10,13H,11-12H2,1-2H3,(H,21,23)(H,22,24). The van der Waals surface area contributed by atoms with Crippen LogP contribution in [-0.4, -0.2) is 18.4 Å². The lowest BCUT2D eigenvalue weighted by Crippen LogP contribution is -2.43. The molecule has 6 heteroatoms. The van der Waals surface area contributed by atoms with E-state index in [0.29, 0.717) is 17.2 Å². The van der Waals surface area contributed by atoms with Gasteiger partial charge < -0.3 is 4.74 Å². The molecule has 0 radical (unpaired) electrons. The minimum atomic E-state index is -0.519. The van der Waals surface area contributed by atoms with E-state index in [-0.39, 0.29) is 12.4 Å². The quantitative estimate of drug-likeness (QED) is 0.792. The van der Waals surface area contributed by atoms with Crippen LogP contribution in [0.3, 0.4) is 0 Å². The Morgan fingerprint density at radius 2 is 1.64 bits per heavy atom. The van der Waals surface area contributed by atoms with Crippen LogP contribution in [0.2, 0.25) is 0 Å². The van der Waals surface area contributed by atoms with Crippen LogP contribution in [0.15, 0.2) is 48.5 Å². The normalized spacial score (nSPS) is 10.4. The van der Waals surface area contributed by atoms with E-state index in [4.69, 9.17) is 4.74 Å². The van der Waals surface area contributed by atoms with Crippen molar-refractivity contribution in [2.45, 2.75) is 20.3 Å². The average molecular weight is 344 g/mol. The Kier molecular flexibility index (Phi) is 6.51. The first-order valence-corrected chi connectivity index (χ1v) is 8.00. The van der Waals surface area contributed by atoms with Crippen LogP contribution in [0.4, 0.5) is 4.39 Å². The van der Waals surface area contributed by atoms with Crippen molar-refractivity contribution in [3.63, 3.8) is 0 Å². The molecule has 0 unspecified atom stereocenters. The van der Waals surface area contributed by atoms with Gasteiger partial charge in [-0.25, -0.2) is 4.39 Å². The molecule has 0 fully saturated rings. The number of hydrogen-bond acceptors (Lipinski definition) is 3. The number of amides is 2. The van der Waals surface area contributed by atoms with Crippen LogP contribution < -0.4 is 15.6 Å². The minimum absolute atomic E-state index is 0.292. The summed E-state index contributed by atoms with van der Waals surface area (Å²) in [6.45, 7) is 3.97. The van der Waals surface area contributed by atoms with Gasteiger partial charge in [0.15, 0.2) is 6.61 Å². The van der Waals surface area contributed by atoms with Gasteiger partial charge in [-0.2, -0.15) is 0 Å². The van der Waals surface area contributed by atoms with Crippen molar-refractivity contribution in [3.8, 4) is 5.75 Å². The van der Waals surface area contributed by atoms with E-state index >= 15 is 0 Å². The number of hydrogen-bond donors (Lipinski definition) is 2. The molecular formula is C19H21FN2O3. The third-order valence-corrected chi connectivity index (χ3v) is 3.36. The van der Waals surface area contributed by atoms with Gasteiger partial charge in [0.05, 0.1) is 0 Å². The predicted octanol–water partition coefficient (Wildman–Crippen LogP) is 2.86. The molecule has 2 N–H and O–H groups in total. The van der Waals surface area contributed by atoms with Gasteiger partial charge in [-0.3, -0.25) is 20.4 Å². The van der Waals surface area contributed by atoms with E-state index < -0.39 is 11.8 Å². The second-order valence-electron chi connectivity index (χ2n) is 6.04. The first-order valence-electron chi connectivity index (χ1n) is 8.00. The lowest BCUT2D eigenvalue weighted by molar-refractivity contribution is -0.123. The highest BCUT2D eigenvalue weighted by Gasteiger charge is 2.08. The number of ether oxygens (including phenoxy) is 1. The number of nitrogens with one attached hydrogen (secondary N) is 2. The van der Waals surface area contributed by atoms with Crippen molar-refractivity contribution < 1.29 is 18.7 Å². The molecule has 0 aliphatic heterocycles. The molecule has 0 spiro atoms. The van der Waals surface area contributed by atoms with Crippen LogP contribution in [0.5, 0.6) is 5.75 Å². The van der Waals surface area contributed by atoms with Crippen molar-refractivity contribution in [2.75, 3.05) is 6.61 Å². The number of carbonyl (C=O) groups excluding carboxylic acids is 2. The summed E-state index contributed by atoms with van der Waals surface area (Å²) in [5.74, 6) is -0.410. The van der Waals surface area contributed by atoms with Gasteiger partial charge in [0.2, 0.25) is 0 Å². The summed E-state index contributed by atoms with van der Waals surface area (Å²) in [6.07, 6.45) is 0.944. The van der Waals surface area contributed by atoms with Crippen molar-refractivity contribution in [2.24, 2.45) is 5.92 Å². The van der Waals surface area contributed by atoms with Crippen molar-refractivity contribution >= 4 is 11.8 Å². The lowest BCUT2D eigenvalue weighted by Gasteiger charge is -2.09. The zero-order chi connectivity index (χ0) is 18.2. The minimum Gasteiger partial charge on any atom is -0.484 e. The first kappa shape index (κ1) is 18.4. The maximum Gasteiger partial charge on any atom is 0.276 e. The number of hydrazine groups is 1. The number of benzene rings is 2. The average Bonchev–Trinajstić information content (AvgIpc) is 2.59. The Morgan fingerprint density at radius 3 is 2.24 bits per heavy atom. The Labute approximate surface area is 146 Å². The third kappa shape index (κ3) is 6.25. The van der Waals surface area contributed by atoms with Gasteiger partial charge in [0.1, 0.15) is 11.6 Å². The zero-order valence-corrected chi connectivity index (χ0v) is 14.2. The fraction of sp³-hybridized carbons (Fsp3) is 0.263. The Hall–Kier alpha value is -2.89. The molecular weight excluding hydrogens is 323 g/mol.